The van der Waals surface area contributed by atoms with Gasteiger partial charge in [-0.05, 0) is 93.7 Å². The highest BCUT2D eigenvalue weighted by Gasteiger charge is 2.22. The molecular weight excluding hydrogens is 612 g/mol. The number of para-hydroxylation sites is 2. The Morgan fingerprint density at radius 2 is 1.30 bits per heavy atom. The number of aryl methyl sites for hydroxylation is 3. The van der Waals surface area contributed by atoms with E-state index in [0.717, 1.165) is 107 Å². The highest BCUT2D eigenvalue weighted by molar-refractivity contribution is 6.31. The summed E-state index contributed by atoms with van der Waals surface area (Å²) < 4.78 is 12.7. The Morgan fingerprint density at radius 3 is 2.00 bits per heavy atom. The zero-order valence-electron chi connectivity index (χ0n) is 26.9. The lowest BCUT2D eigenvalue weighted by Gasteiger charge is -2.21. The molecule has 1 N–H and O–H groups in total. The Labute approximate surface area is 279 Å². The van der Waals surface area contributed by atoms with Gasteiger partial charge < -0.3 is 14.5 Å². The summed E-state index contributed by atoms with van der Waals surface area (Å²) in [6, 6.07) is 23.1. The van der Waals surface area contributed by atoms with Crippen molar-refractivity contribution >= 4 is 11.6 Å². The average Bonchev–Trinajstić information content (AvgIpc) is 3.12. The number of ether oxygens (including phenoxy) is 2. The second-order valence-corrected chi connectivity index (χ2v) is 12.2. The molecule has 0 aliphatic heterocycles. The summed E-state index contributed by atoms with van der Waals surface area (Å²) in [5.74, 6) is 2.72. The number of hydrogen-bond acceptors (Lipinski definition) is 6. The molecule has 47 heavy (non-hydrogen) atoms. The van der Waals surface area contributed by atoms with Gasteiger partial charge in [0.25, 0.3) is 11.1 Å². The van der Waals surface area contributed by atoms with Crippen LogP contribution in [-0.2, 0) is 38.6 Å². The predicted octanol–water partition coefficient (Wildman–Crippen LogP) is 7.02. The minimum absolute atomic E-state index is 0.00870. The smallest absolute Gasteiger partial charge is 0.257 e. The van der Waals surface area contributed by atoms with Crippen LogP contribution in [0.3, 0.4) is 0 Å². The molecule has 8 nitrogen and oxygen atoms in total. The fourth-order valence-corrected chi connectivity index (χ4v) is 6.67. The number of halogens is 1. The number of rotatable bonds is 7. The number of methoxy groups -OCH3 is 2. The van der Waals surface area contributed by atoms with Crippen molar-refractivity contribution in [3.05, 3.63) is 127 Å². The first kappa shape index (κ1) is 32.3. The number of aromatic amines is 1. The first-order valence-corrected chi connectivity index (χ1v) is 16.6. The SMILES string of the molecule is COc1ccccc1-c1nc2c(c(=O)[nH]1)CCCC2.COc1ccccc1-c1nc2c(c(=O)n1CCc1ccccc1Cl)CCCC2. The highest BCUT2D eigenvalue weighted by atomic mass is 35.5. The number of H-pyrrole nitrogens is 1. The van der Waals surface area contributed by atoms with Crippen molar-refractivity contribution in [3.8, 4) is 34.3 Å². The topological polar surface area (TPSA) is 99.1 Å². The molecule has 0 saturated heterocycles. The first-order chi connectivity index (χ1) is 23.0. The fourth-order valence-electron chi connectivity index (χ4n) is 6.44. The Bertz CT molecular complexity index is 2000. The molecular formula is C38H39ClN4O4. The van der Waals surface area contributed by atoms with Crippen molar-refractivity contribution in [1.82, 2.24) is 19.5 Å². The monoisotopic (exact) mass is 650 g/mol. The Hall–Kier alpha value is -4.69. The van der Waals surface area contributed by atoms with Crippen LogP contribution >= 0.6 is 11.6 Å². The van der Waals surface area contributed by atoms with Gasteiger partial charge in [-0.15, -0.1) is 0 Å². The molecule has 0 bridgehead atoms. The van der Waals surface area contributed by atoms with E-state index in [1.165, 1.54) is 0 Å². The summed E-state index contributed by atoms with van der Waals surface area (Å²) in [7, 11) is 3.26. The van der Waals surface area contributed by atoms with Gasteiger partial charge in [0.15, 0.2) is 0 Å². The van der Waals surface area contributed by atoms with Crippen LogP contribution in [0.25, 0.3) is 22.8 Å². The summed E-state index contributed by atoms with van der Waals surface area (Å²) in [6.07, 6.45) is 8.36. The molecule has 0 fully saturated rings. The molecule has 5 aromatic rings. The zero-order chi connectivity index (χ0) is 32.8. The summed E-state index contributed by atoms with van der Waals surface area (Å²) in [5, 5.41) is 0.723. The largest absolute Gasteiger partial charge is 0.496 e. The third-order valence-electron chi connectivity index (χ3n) is 8.90. The van der Waals surface area contributed by atoms with Crippen LogP contribution in [0.5, 0.6) is 11.5 Å². The summed E-state index contributed by atoms with van der Waals surface area (Å²) in [6.45, 7) is 0.524. The first-order valence-electron chi connectivity index (χ1n) is 16.2. The maximum atomic E-state index is 13.4. The van der Waals surface area contributed by atoms with E-state index < -0.39 is 0 Å². The van der Waals surface area contributed by atoms with Gasteiger partial charge in [0.05, 0.1) is 36.7 Å². The van der Waals surface area contributed by atoms with E-state index in [9.17, 15) is 9.59 Å². The maximum absolute atomic E-state index is 13.4. The lowest BCUT2D eigenvalue weighted by Crippen LogP contribution is -2.31. The summed E-state index contributed by atoms with van der Waals surface area (Å²) in [5.41, 5.74) is 6.35. The molecule has 2 aliphatic rings. The van der Waals surface area contributed by atoms with Gasteiger partial charge in [0.2, 0.25) is 0 Å². The zero-order valence-corrected chi connectivity index (χ0v) is 27.6. The lowest BCUT2D eigenvalue weighted by atomic mass is 9.96. The Kier molecular flexibility index (Phi) is 10.2. The molecule has 3 aromatic carbocycles. The van der Waals surface area contributed by atoms with Crippen LogP contribution in [0.4, 0.5) is 0 Å². The van der Waals surface area contributed by atoms with Crippen LogP contribution in [0.15, 0.2) is 82.4 Å². The van der Waals surface area contributed by atoms with Crippen molar-refractivity contribution in [2.24, 2.45) is 0 Å². The summed E-state index contributed by atoms with van der Waals surface area (Å²) >= 11 is 6.33. The van der Waals surface area contributed by atoms with Crippen LogP contribution in [0.1, 0.15) is 53.8 Å². The second kappa shape index (κ2) is 14.8. The van der Waals surface area contributed by atoms with E-state index in [1.807, 2.05) is 72.8 Å². The van der Waals surface area contributed by atoms with Crippen LogP contribution in [0.2, 0.25) is 5.02 Å². The number of hydrogen-bond donors (Lipinski definition) is 1. The third-order valence-corrected chi connectivity index (χ3v) is 9.27. The number of fused-ring (bicyclic) bond motifs is 2. The van der Waals surface area contributed by atoms with Crippen LogP contribution < -0.4 is 20.6 Å². The molecule has 0 saturated carbocycles. The molecule has 9 heteroatoms. The van der Waals surface area contributed by atoms with Gasteiger partial charge in [0.1, 0.15) is 23.1 Å². The van der Waals surface area contributed by atoms with Crippen molar-refractivity contribution in [2.75, 3.05) is 14.2 Å². The normalized spacial score (nSPS) is 13.5. The van der Waals surface area contributed by atoms with Crippen molar-refractivity contribution in [1.29, 1.82) is 0 Å². The van der Waals surface area contributed by atoms with E-state index in [-0.39, 0.29) is 11.1 Å². The number of benzene rings is 3. The van der Waals surface area contributed by atoms with Crippen molar-refractivity contribution in [3.63, 3.8) is 0 Å². The highest BCUT2D eigenvalue weighted by Crippen LogP contribution is 2.30. The molecule has 242 valence electrons. The second-order valence-electron chi connectivity index (χ2n) is 11.8. The maximum Gasteiger partial charge on any atom is 0.257 e. The van der Waals surface area contributed by atoms with Gasteiger partial charge in [-0.1, -0.05) is 54.1 Å². The number of nitrogens with zero attached hydrogens (tertiary/aromatic N) is 3. The van der Waals surface area contributed by atoms with Crippen LogP contribution in [-0.4, -0.2) is 33.7 Å². The van der Waals surface area contributed by atoms with E-state index in [2.05, 4.69) is 9.97 Å². The van der Waals surface area contributed by atoms with E-state index in [1.54, 1.807) is 18.8 Å². The van der Waals surface area contributed by atoms with E-state index in [4.69, 9.17) is 26.1 Å². The molecule has 0 atom stereocenters. The minimum Gasteiger partial charge on any atom is -0.496 e. The van der Waals surface area contributed by atoms with Gasteiger partial charge in [0, 0.05) is 22.7 Å². The quantitative estimate of drug-likeness (QED) is 0.203. The average molecular weight is 651 g/mol. The number of nitrogens with one attached hydrogen (secondary N) is 1. The van der Waals surface area contributed by atoms with E-state index in [0.29, 0.717) is 24.6 Å². The van der Waals surface area contributed by atoms with Gasteiger partial charge >= 0.3 is 0 Å². The predicted molar refractivity (Wildman–Crippen MR) is 186 cm³/mol. The standard InChI is InChI=1S/C23H23ClN2O2.C15H16N2O2/c1-28-21-13-7-4-10-18(21)22-25-20-12-6-3-9-17(20)23(27)26(22)15-14-16-8-2-5-11-19(16)24;1-19-13-9-5-3-7-11(13)14-16-12-8-4-2-6-10(12)15(18)17-14/h2,4-5,7-8,10-11,13H,3,6,9,12,14-15H2,1H3;3,5,7,9H,2,4,6,8H2,1H3,(H,16,17,18). The molecule has 2 aromatic heterocycles. The molecule has 7 rings (SSSR count). The van der Waals surface area contributed by atoms with Crippen molar-refractivity contribution < 1.29 is 9.47 Å². The third kappa shape index (κ3) is 7.03. The van der Waals surface area contributed by atoms with Crippen molar-refractivity contribution in [2.45, 2.75) is 64.3 Å². The molecule has 0 radical (unpaired) electrons. The summed E-state index contributed by atoms with van der Waals surface area (Å²) in [4.78, 5) is 37.9. The molecule has 2 aliphatic carbocycles. The molecule has 0 unspecified atom stereocenters. The molecule has 0 spiro atoms. The van der Waals surface area contributed by atoms with Crippen LogP contribution in [0, 0.1) is 0 Å². The fraction of sp³-hybridized carbons (Fsp3) is 0.316. The van der Waals surface area contributed by atoms with Gasteiger partial charge in [-0.25, -0.2) is 9.97 Å². The van der Waals surface area contributed by atoms with E-state index >= 15 is 0 Å². The Morgan fingerprint density at radius 1 is 0.723 bits per heavy atom. The molecule has 2 heterocycles. The minimum atomic E-state index is -0.00870. The van der Waals surface area contributed by atoms with Gasteiger partial charge in [-0.3, -0.25) is 14.2 Å². The lowest BCUT2D eigenvalue weighted by molar-refractivity contribution is 0.415. The van der Waals surface area contributed by atoms with Gasteiger partial charge in [-0.2, -0.15) is 0 Å². The number of aromatic nitrogens is 4. The Balaban J connectivity index is 0.000000177. The molecule has 0 amide bonds.